The predicted octanol–water partition coefficient (Wildman–Crippen LogP) is 2.86. The summed E-state index contributed by atoms with van der Waals surface area (Å²) in [6.07, 6.45) is 2.16. The second kappa shape index (κ2) is 10.6. The zero-order valence-electron chi connectivity index (χ0n) is 15.3. The normalized spacial score (nSPS) is 10.3. The van der Waals surface area contributed by atoms with Gasteiger partial charge in [-0.3, -0.25) is 9.59 Å². The number of ether oxygens (including phenoxy) is 2. The van der Waals surface area contributed by atoms with E-state index in [1.807, 2.05) is 24.3 Å². The molecule has 1 aromatic carbocycles. The van der Waals surface area contributed by atoms with Gasteiger partial charge in [0.1, 0.15) is 5.75 Å². The van der Waals surface area contributed by atoms with Crippen molar-refractivity contribution < 1.29 is 19.1 Å². The molecule has 0 unspecified atom stereocenters. The maximum atomic E-state index is 12.4. The molecule has 0 bridgehead atoms. The fraction of sp³-hybridized carbons (Fsp3) is 0.316. The van der Waals surface area contributed by atoms with E-state index >= 15 is 0 Å². The van der Waals surface area contributed by atoms with E-state index in [1.54, 1.807) is 26.3 Å². The fourth-order valence-corrected chi connectivity index (χ4v) is 2.60. The molecule has 0 fully saturated rings. The molecule has 0 saturated carbocycles. The lowest BCUT2D eigenvalue weighted by Gasteiger charge is -2.17. The van der Waals surface area contributed by atoms with Gasteiger partial charge in [0.2, 0.25) is 11.8 Å². The first-order valence-corrected chi connectivity index (χ1v) is 9.19. The van der Waals surface area contributed by atoms with Crippen molar-refractivity contribution in [2.24, 2.45) is 0 Å². The van der Waals surface area contributed by atoms with Crippen molar-refractivity contribution in [3.8, 4) is 11.6 Å². The second-order valence-electron chi connectivity index (χ2n) is 5.80. The quantitative estimate of drug-likeness (QED) is 0.612. The van der Waals surface area contributed by atoms with Crippen molar-refractivity contribution >= 4 is 27.7 Å². The number of rotatable bonds is 9. The molecular formula is C19H22BrN3O4. The Hall–Kier alpha value is -2.45. The minimum atomic E-state index is -0.288. The summed E-state index contributed by atoms with van der Waals surface area (Å²) in [5.41, 5.74) is 0.381. The number of methoxy groups -OCH3 is 1. The highest BCUT2D eigenvalue weighted by Gasteiger charge is 2.15. The van der Waals surface area contributed by atoms with E-state index < -0.39 is 0 Å². The van der Waals surface area contributed by atoms with Gasteiger partial charge in [-0.05, 0) is 30.7 Å². The van der Waals surface area contributed by atoms with Crippen molar-refractivity contribution in [1.82, 2.24) is 15.2 Å². The van der Waals surface area contributed by atoms with Crippen LogP contribution < -0.4 is 10.1 Å². The molecule has 2 aromatic rings. The van der Waals surface area contributed by atoms with E-state index in [0.29, 0.717) is 30.3 Å². The van der Waals surface area contributed by atoms with Crippen LogP contribution in [0.4, 0.5) is 0 Å². The summed E-state index contributed by atoms with van der Waals surface area (Å²) >= 11 is 3.38. The van der Waals surface area contributed by atoms with Crippen LogP contribution in [0.2, 0.25) is 0 Å². The van der Waals surface area contributed by atoms with Gasteiger partial charge >= 0.3 is 0 Å². The Morgan fingerprint density at radius 2 is 2.07 bits per heavy atom. The number of pyridine rings is 1. The summed E-state index contributed by atoms with van der Waals surface area (Å²) in [6.45, 7) is 1.06. The largest absolute Gasteiger partial charge is 0.439 e. The van der Waals surface area contributed by atoms with Gasteiger partial charge in [-0.2, -0.15) is 0 Å². The molecule has 0 spiro atoms. The molecule has 1 aromatic heterocycles. The predicted molar refractivity (Wildman–Crippen MR) is 105 cm³/mol. The molecule has 0 aliphatic carbocycles. The van der Waals surface area contributed by atoms with Gasteiger partial charge in [-0.1, -0.05) is 22.0 Å². The number of amides is 2. The van der Waals surface area contributed by atoms with Gasteiger partial charge < -0.3 is 19.7 Å². The standard InChI is InChI=1S/C19H22BrN3O4/c1-23(13-17(24)21-9-4-10-26-2)19(25)14-7-8-18(22-12-14)27-16-6-3-5-15(20)11-16/h3,5-8,11-12H,4,9-10,13H2,1-2H3,(H,21,24). The third-order valence-electron chi connectivity index (χ3n) is 3.58. The van der Waals surface area contributed by atoms with E-state index in [0.717, 1.165) is 10.9 Å². The van der Waals surface area contributed by atoms with E-state index in [4.69, 9.17) is 9.47 Å². The van der Waals surface area contributed by atoms with Crippen LogP contribution in [0.3, 0.4) is 0 Å². The second-order valence-corrected chi connectivity index (χ2v) is 6.72. The first-order chi connectivity index (χ1) is 13.0. The molecular weight excluding hydrogens is 414 g/mol. The van der Waals surface area contributed by atoms with Gasteiger partial charge in [0.25, 0.3) is 5.91 Å². The molecule has 2 rings (SSSR count). The molecule has 1 heterocycles. The van der Waals surface area contributed by atoms with Crippen LogP contribution in [0.5, 0.6) is 11.6 Å². The van der Waals surface area contributed by atoms with Crippen molar-refractivity contribution in [2.75, 3.05) is 33.9 Å². The maximum Gasteiger partial charge on any atom is 0.255 e. The number of hydrogen-bond acceptors (Lipinski definition) is 5. The van der Waals surface area contributed by atoms with E-state index in [2.05, 4.69) is 26.2 Å². The van der Waals surface area contributed by atoms with Crippen LogP contribution >= 0.6 is 15.9 Å². The van der Waals surface area contributed by atoms with Gasteiger partial charge in [-0.15, -0.1) is 0 Å². The summed E-state index contributed by atoms with van der Waals surface area (Å²) in [5.74, 6) is 0.509. The van der Waals surface area contributed by atoms with Crippen LogP contribution in [0.1, 0.15) is 16.8 Å². The molecule has 7 nitrogen and oxygen atoms in total. The molecule has 27 heavy (non-hydrogen) atoms. The summed E-state index contributed by atoms with van der Waals surface area (Å²) < 4.78 is 11.5. The highest BCUT2D eigenvalue weighted by atomic mass is 79.9. The summed E-state index contributed by atoms with van der Waals surface area (Å²) in [6, 6.07) is 10.6. The minimum absolute atomic E-state index is 0.0257. The first-order valence-electron chi connectivity index (χ1n) is 8.40. The van der Waals surface area contributed by atoms with Crippen LogP contribution in [0, 0.1) is 0 Å². The number of likely N-dealkylation sites (N-methyl/N-ethyl adjacent to an activating group) is 1. The lowest BCUT2D eigenvalue weighted by Crippen LogP contribution is -2.38. The average Bonchev–Trinajstić information content (AvgIpc) is 2.65. The Morgan fingerprint density at radius 1 is 1.26 bits per heavy atom. The number of carbonyl (C=O) groups excluding carboxylic acids is 2. The Bertz CT molecular complexity index is 768. The number of aromatic nitrogens is 1. The van der Waals surface area contributed by atoms with Crippen molar-refractivity contribution in [3.63, 3.8) is 0 Å². The highest BCUT2D eigenvalue weighted by Crippen LogP contribution is 2.23. The van der Waals surface area contributed by atoms with E-state index in [-0.39, 0.29) is 18.4 Å². The van der Waals surface area contributed by atoms with Gasteiger partial charge in [0.05, 0.1) is 12.1 Å². The minimum Gasteiger partial charge on any atom is -0.439 e. The average molecular weight is 436 g/mol. The molecule has 0 aliphatic rings. The maximum absolute atomic E-state index is 12.4. The molecule has 0 aliphatic heterocycles. The number of nitrogens with one attached hydrogen (secondary N) is 1. The van der Waals surface area contributed by atoms with Crippen molar-refractivity contribution in [3.05, 3.63) is 52.6 Å². The summed E-state index contributed by atoms with van der Waals surface area (Å²) in [7, 11) is 3.18. The fourth-order valence-electron chi connectivity index (χ4n) is 2.23. The van der Waals surface area contributed by atoms with Gasteiger partial charge in [0, 0.05) is 44.0 Å². The Balaban J connectivity index is 1.87. The molecule has 0 atom stereocenters. The smallest absolute Gasteiger partial charge is 0.255 e. The van der Waals surface area contributed by atoms with Crippen LogP contribution in [0.25, 0.3) is 0 Å². The molecule has 2 amide bonds. The SMILES string of the molecule is COCCCNC(=O)CN(C)C(=O)c1ccc(Oc2cccc(Br)c2)nc1. The number of hydrogen-bond donors (Lipinski definition) is 1. The third kappa shape index (κ3) is 6.99. The third-order valence-corrected chi connectivity index (χ3v) is 4.07. The molecule has 1 N–H and O–H groups in total. The van der Waals surface area contributed by atoms with E-state index in [9.17, 15) is 9.59 Å². The zero-order chi connectivity index (χ0) is 19.6. The van der Waals surface area contributed by atoms with Crippen molar-refractivity contribution in [1.29, 1.82) is 0 Å². The lowest BCUT2D eigenvalue weighted by atomic mass is 10.2. The van der Waals surface area contributed by atoms with E-state index in [1.165, 1.54) is 11.1 Å². The van der Waals surface area contributed by atoms with Crippen molar-refractivity contribution in [2.45, 2.75) is 6.42 Å². The first kappa shape index (κ1) is 20.9. The molecule has 144 valence electrons. The lowest BCUT2D eigenvalue weighted by molar-refractivity contribution is -0.121. The Morgan fingerprint density at radius 3 is 2.74 bits per heavy atom. The van der Waals surface area contributed by atoms with Gasteiger partial charge in [-0.25, -0.2) is 4.98 Å². The zero-order valence-corrected chi connectivity index (χ0v) is 16.9. The summed E-state index contributed by atoms with van der Waals surface area (Å²) in [4.78, 5) is 29.8. The molecule has 0 saturated heterocycles. The summed E-state index contributed by atoms with van der Waals surface area (Å²) in [5, 5.41) is 2.74. The topological polar surface area (TPSA) is 80.8 Å². The molecule has 0 radical (unpaired) electrons. The van der Waals surface area contributed by atoms with Crippen LogP contribution in [-0.2, 0) is 9.53 Å². The highest BCUT2D eigenvalue weighted by molar-refractivity contribution is 9.10. The Kier molecular flexibility index (Phi) is 8.22. The number of nitrogens with zero attached hydrogens (tertiary/aromatic N) is 2. The van der Waals surface area contributed by atoms with Crippen LogP contribution in [-0.4, -0.2) is 55.6 Å². The Labute approximate surface area is 166 Å². The van der Waals surface area contributed by atoms with Crippen LogP contribution in [0.15, 0.2) is 47.1 Å². The number of benzene rings is 1. The number of carbonyl (C=O) groups is 2. The van der Waals surface area contributed by atoms with Gasteiger partial charge in [0.15, 0.2) is 0 Å². The monoisotopic (exact) mass is 435 g/mol. The molecule has 8 heteroatoms. The number of halogens is 1.